The Morgan fingerprint density at radius 1 is 1.06 bits per heavy atom. The molecule has 1 atom stereocenters. The molecular formula is C13H16ClN3. The molecule has 0 saturated carbocycles. The monoisotopic (exact) mass is 249 g/mol. The Morgan fingerprint density at radius 2 is 1.71 bits per heavy atom. The molecule has 0 N–H and O–H groups in total. The van der Waals surface area contributed by atoms with Crippen molar-refractivity contribution in [1.82, 2.24) is 14.8 Å². The Bertz CT molecular complexity index is 491. The fourth-order valence-corrected chi connectivity index (χ4v) is 1.99. The largest absolute Gasteiger partial charge is 0.295 e. The first-order valence-electron chi connectivity index (χ1n) is 5.77. The minimum Gasteiger partial charge on any atom is -0.295 e. The zero-order chi connectivity index (χ0) is 12.4. The predicted octanol–water partition coefficient (Wildman–Crippen LogP) is 3.82. The molecule has 0 spiro atoms. The highest BCUT2D eigenvalue weighted by molar-refractivity contribution is 6.28. The van der Waals surface area contributed by atoms with Crippen LogP contribution in [0.15, 0.2) is 30.3 Å². The molecule has 1 unspecified atom stereocenters. The van der Waals surface area contributed by atoms with Crippen molar-refractivity contribution in [1.29, 1.82) is 0 Å². The zero-order valence-electron chi connectivity index (χ0n) is 10.3. The average molecular weight is 250 g/mol. The van der Waals surface area contributed by atoms with Gasteiger partial charge in [-0.1, -0.05) is 44.2 Å². The second-order valence-corrected chi connectivity index (χ2v) is 4.85. The first-order valence-corrected chi connectivity index (χ1v) is 6.15. The Hall–Kier alpha value is -1.35. The van der Waals surface area contributed by atoms with Gasteiger partial charge in [-0.15, -0.1) is 10.2 Å². The lowest BCUT2D eigenvalue weighted by molar-refractivity contribution is 0.410. The molecule has 0 aliphatic carbocycles. The van der Waals surface area contributed by atoms with Crippen molar-refractivity contribution in [3.05, 3.63) is 35.6 Å². The van der Waals surface area contributed by atoms with Crippen LogP contribution in [-0.4, -0.2) is 14.8 Å². The number of aromatic nitrogens is 3. The maximum Gasteiger partial charge on any atom is 0.225 e. The van der Waals surface area contributed by atoms with Crippen LogP contribution >= 0.6 is 11.6 Å². The van der Waals surface area contributed by atoms with Gasteiger partial charge in [0.25, 0.3) is 0 Å². The van der Waals surface area contributed by atoms with Gasteiger partial charge in [0, 0.05) is 11.6 Å². The van der Waals surface area contributed by atoms with E-state index in [1.165, 1.54) is 0 Å². The lowest BCUT2D eigenvalue weighted by atomic mass is 10.1. The van der Waals surface area contributed by atoms with E-state index in [-0.39, 0.29) is 6.04 Å². The summed E-state index contributed by atoms with van der Waals surface area (Å²) in [5.74, 6) is 1.31. The zero-order valence-corrected chi connectivity index (χ0v) is 11.0. The van der Waals surface area contributed by atoms with Crippen LogP contribution < -0.4 is 0 Å². The van der Waals surface area contributed by atoms with Gasteiger partial charge in [-0.25, -0.2) is 0 Å². The second-order valence-electron chi connectivity index (χ2n) is 4.51. The van der Waals surface area contributed by atoms with Crippen LogP contribution in [0.3, 0.4) is 0 Å². The Kier molecular flexibility index (Phi) is 3.48. The van der Waals surface area contributed by atoms with Crippen LogP contribution in [0.2, 0.25) is 5.28 Å². The Morgan fingerprint density at radius 3 is 2.29 bits per heavy atom. The van der Waals surface area contributed by atoms with E-state index >= 15 is 0 Å². The summed E-state index contributed by atoms with van der Waals surface area (Å²) >= 11 is 6.12. The summed E-state index contributed by atoms with van der Waals surface area (Å²) in [6, 6.07) is 10.3. The van der Waals surface area contributed by atoms with E-state index in [0.29, 0.717) is 11.2 Å². The summed E-state index contributed by atoms with van der Waals surface area (Å²) in [5, 5.41) is 8.59. The molecule has 3 nitrogen and oxygen atoms in total. The lowest BCUT2D eigenvalue weighted by Gasteiger charge is -2.19. The molecule has 1 heterocycles. The lowest BCUT2D eigenvalue weighted by Crippen LogP contribution is -2.13. The number of rotatable bonds is 3. The standard InChI is InChI=1S/C13H16ClN3/c1-9(2)10(3)17-12(15-16-13(17)14)11-7-5-4-6-8-11/h4-10H,1-3H3. The predicted molar refractivity (Wildman–Crippen MR) is 70.0 cm³/mol. The van der Waals surface area contributed by atoms with Gasteiger partial charge in [0.2, 0.25) is 5.28 Å². The van der Waals surface area contributed by atoms with E-state index in [1.54, 1.807) is 0 Å². The van der Waals surface area contributed by atoms with E-state index in [1.807, 2.05) is 34.9 Å². The fraction of sp³-hybridized carbons (Fsp3) is 0.385. The average Bonchev–Trinajstić information content (AvgIpc) is 2.71. The number of hydrogen-bond acceptors (Lipinski definition) is 2. The van der Waals surface area contributed by atoms with Crippen LogP contribution in [-0.2, 0) is 0 Å². The fourth-order valence-electron chi connectivity index (χ4n) is 1.72. The first-order chi connectivity index (χ1) is 8.11. The van der Waals surface area contributed by atoms with Gasteiger partial charge in [-0.05, 0) is 24.4 Å². The Balaban J connectivity index is 2.50. The van der Waals surface area contributed by atoms with Gasteiger partial charge in [0.1, 0.15) is 0 Å². The van der Waals surface area contributed by atoms with Crippen LogP contribution in [0.25, 0.3) is 11.4 Å². The van der Waals surface area contributed by atoms with Gasteiger partial charge in [-0.3, -0.25) is 4.57 Å². The van der Waals surface area contributed by atoms with E-state index in [9.17, 15) is 0 Å². The maximum atomic E-state index is 6.12. The van der Waals surface area contributed by atoms with Crippen molar-refractivity contribution < 1.29 is 0 Å². The third-order valence-corrected chi connectivity index (χ3v) is 3.32. The second kappa shape index (κ2) is 4.88. The van der Waals surface area contributed by atoms with Crippen LogP contribution in [0.1, 0.15) is 26.8 Å². The number of benzene rings is 1. The molecule has 1 aromatic heterocycles. The molecule has 4 heteroatoms. The van der Waals surface area contributed by atoms with Gasteiger partial charge in [0.05, 0.1) is 0 Å². The molecule has 0 aliphatic rings. The van der Waals surface area contributed by atoms with Crippen molar-refractivity contribution in [2.45, 2.75) is 26.8 Å². The van der Waals surface area contributed by atoms with E-state index < -0.39 is 0 Å². The minimum absolute atomic E-state index is 0.271. The van der Waals surface area contributed by atoms with Crippen molar-refractivity contribution in [2.75, 3.05) is 0 Å². The summed E-state index contributed by atoms with van der Waals surface area (Å²) < 4.78 is 1.99. The van der Waals surface area contributed by atoms with E-state index in [4.69, 9.17) is 11.6 Å². The topological polar surface area (TPSA) is 30.7 Å². The molecule has 0 aliphatic heterocycles. The van der Waals surface area contributed by atoms with Gasteiger partial charge in [-0.2, -0.15) is 0 Å². The van der Waals surface area contributed by atoms with E-state index in [0.717, 1.165) is 11.4 Å². The maximum absolute atomic E-state index is 6.12. The van der Waals surface area contributed by atoms with Crippen molar-refractivity contribution in [3.63, 3.8) is 0 Å². The third kappa shape index (κ3) is 2.34. The molecule has 0 amide bonds. The Labute approximate surface area is 106 Å². The van der Waals surface area contributed by atoms with E-state index in [2.05, 4.69) is 31.0 Å². The summed E-state index contributed by atoms with van der Waals surface area (Å²) in [6.45, 7) is 6.46. The summed E-state index contributed by atoms with van der Waals surface area (Å²) in [4.78, 5) is 0. The highest BCUT2D eigenvalue weighted by Gasteiger charge is 2.19. The third-order valence-electron chi connectivity index (χ3n) is 3.06. The number of nitrogens with zero attached hydrogens (tertiary/aromatic N) is 3. The summed E-state index contributed by atoms with van der Waals surface area (Å²) in [6.07, 6.45) is 0. The minimum atomic E-state index is 0.271. The van der Waals surface area contributed by atoms with Gasteiger partial charge in [0.15, 0.2) is 5.82 Å². The molecular weight excluding hydrogens is 234 g/mol. The SMILES string of the molecule is CC(C)C(C)n1c(Cl)nnc1-c1ccccc1. The van der Waals surface area contributed by atoms with Gasteiger partial charge < -0.3 is 0 Å². The normalized spacial score (nSPS) is 13.0. The molecule has 17 heavy (non-hydrogen) atoms. The number of halogens is 1. The van der Waals surface area contributed by atoms with Crippen molar-refractivity contribution >= 4 is 11.6 Å². The van der Waals surface area contributed by atoms with Crippen LogP contribution in [0.5, 0.6) is 0 Å². The highest BCUT2D eigenvalue weighted by Crippen LogP contribution is 2.28. The summed E-state index contributed by atoms with van der Waals surface area (Å²) in [7, 11) is 0. The van der Waals surface area contributed by atoms with Crippen molar-refractivity contribution in [3.8, 4) is 11.4 Å². The molecule has 2 rings (SSSR count). The molecule has 0 saturated heterocycles. The molecule has 0 bridgehead atoms. The van der Waals surface area contributed by atoms with Crippen LogP contribution in [0.4, 0.5) is 0 Å². The van der Waals surface area contributed by atoms with Crippen molar-refractivity contribution in [2.24, 2.45) is 5.92 Å². The first kappa shape index (κ1) is 12.1. The molecule has 0 radical (unpaired) electrons. The molecule has 1 aromatic carbocycles. The highest BCUT2D eigenvalue weighted by atomic mass is 35.5. The smallest absolute Gasteiger partial charge is 0.225 e. The number of hydrogen-bond donors (Lipinski definition) is 0. The summed E-state index contributed by atoms with van der Waals surface area (Å²) in [5.41, 5.74) is 1.04. The van der Waals surface area contributed by atoms with Crippen LogP contribution in [0, 0.1) is 5.92 Å². The van der Waals surface area contributed by atoms with Gasteiger partial charge >= 0.3 is 0 Å². The molecule has 90 valence electrons. The molecule has 0 fully saturated rings. The quantitative estimate of drug-likeness (QED) is 0.828. The molecule has 2 aromatic rings.